The minimum Gasteiger partial charge on any atom is -0.497 e. The van der Waals surface area contributed by atoms with Crippen LogP contribution in [0.1, 0.15) is 28.4 Å². The van der Waals surface area contributed by atoms with E-state index in [4.69, 9.17) is 16.3 Å². The molecule has 3 nitrogen and oxygen atoms in total. The van der Waals surface area contributed by atoms with Crippen molar-refractivity contribution in [1.29, 1.82) is 0 Å². The van der Waals surface area contributed by atoms with Gasteiger partial charge in [0.2, 0.25) is 0 Å². The van der Waals surface area contributed by atoms with Gasteiger partial charge in [0, 0.05) is 28.2 Å². The lowest BCUT2D eigenvalue weighted by molar-refractivity contribution is 0.414. The van der Waals surface area contributed by atoms with Crippen molar-refractivity contribution < 1.29 is 4.74 Å². The summed E-state index contributed by atoms with van der Waals surface area (Å²) in [5.41, 5.74) is 6.19. The van der Waals surface area contributed by atoms with Gasteiger partial charge in [-0.05, 0) is 48.7 Å². The maximum Gasteiger partial charge on any atom is 0.120 e. The van der Waals surface area contributed by atoms with Gasteiger partial charge in [0.1, 0.15) is 5.75 Å². The third kappa shape index (κ3) is 2.41. The first-order valence-electron chi connectivity index (χ1n) is 7.85. The number of nitrogens with one attached hydrogen (secondary N) is 2. The largest absolute Gasteiger partial charge is 0.497 e. The second kappa shape index (κ2) is 5.59. The van der Waals surface area contributed by atoms with Gasteiger partial charge in [-0.1, -0.05) is 29.3 Å². The van der Waals surface area contributed by atoms with Crippen LogP contribution in [0.15, 0.2) is 36.4 Å². The number of rotatable bonds is 2. The van der Waals surface area contributed by atoms with Gasteiger partial charge in [-0.15, -0.1) is 0 Å². The number of aromatic nitrogens is 1. The van der Waals surface area contributed by atoms with Crippen molar-refractivity contribution in [3.8, 4) is 5.75 Å². The number of hydrogen-bond acceptors (Lipinski definition) is 2. The van der Waals surface area contributed by atoms with Crippen molar-refractivity contribution in [2.75, 3.05) is 13.7 Å². The van der Waals surface area contributed by atoms with Crippen LogP contribution in [0.4, 0.5) is 0 Å². The first-order chi connectivity index (χ1) is 11.2. The molecular weight excluding hydrogens is 308 g/mol. The van der Waals surface area contributed by atoms with Crippen molar-refractivity contribution >= 4 is 22.5 Å². The number of halogens is 1. The molecule has 0 spiro atoms. The number of H-pyrrole nitrogens is 1. The van der Waals surface area contributed by atoms with Gasteiger partial charge >= 0.3 is 0 Å². The highest BCUT2D eigenvalue weighted by molar-refractivity contribution is 6.31. The molecule has 0 radical (unpaired) electrons. The number of aryl methyl sites for hydroxylation is 1. The molecule has 1 atom stereocenters. The van der Waals surface area contributed by atoms with Gasteiger partial charge in [0.25, 0.3) is 0 Å². The highest BCUT2D eigenvalue weighted by Crippen LogP contribution is 2.37. The van der Waals surface area contributed by atoms with Crippen molar-refractivity contribution in [2.45, 2.75) is 19.4 Å². The molecule has 23 heavy (non-hydrogen) atoms. The summed E-state index contributed by atoms with van der Waals surface area (Å²) in [7, 11) is 1.66. The monoisotopic (exact) mass is 326 g/mol. The van der Waals surface area contributed by atoms with Crippen LogP contribution in [0.2, 0.25) is 5.02 Å². The first-order valence-corrected chi connectivity index (χ1v) is 8.23. The van der Waals surface area contributed by atoms with E-state index in [1.54, 1.807) is 7.11 Å². The van der Waals surface area contributed by atoms with Crippen LogP contribution in [0.5, 0.6) is 5.75 Å². The van der Waals surface area contributed by atoms with Gasteiger partial charge in [0.05, 0.1) is 13.2 Å². The van der Waals surface area contributed by atoms with E-state index in [2.05, 4.69) is 35.4 Å². The van der Waals surface area contributed by atoms with Gasteiger partial charge in [-0.2, -0.15) is 0 Å². The van der Waals surface area contributed by atoms with E-state index in [0.717, 1.165) is 29.3 Å². The standard InChI is InChI=1S/C19H19ClN2O/c1-11-3-6-17-15(9-11)13-7-8-21-18(19(13)22-17)14-5-4-12(23-2)10-16(14)20/h3-6,9-10,18,21-22H,7-8H2,1-2H3. The second-order valence-electron chi connectivity index (χ2n) is 6.09. The molecule has 0 amide bonds. The van der Waals surface area contributed by atoms with Gasteiger partial charge < -0.3 is 15.0 Å². The number of methoxy groups -OCH3 is 1. The molecule has 2 heterocycles. The minimum atomic E-state index is 0.0878. The molecule has 2 N–H and O–H groups in total. The Kier molecular flexibility index (Phi) is 3.55. The number of fused-ring (bicyclic) bond motifs is 3. The fourth-order valence-corrected chi connectivity index (χ4v) is 3.76. The summed E-state index contributed by atoms with van der Waals surface area (Å²) in [5.74, 6) is 0.780. The maximum absolute atomic E-state index is 6.50. The molecular formula is C19H19ClN2O. The molecule has 1 unspecified atom stereocenters. The molecule has 0 fully saturated rings. The van der Waals surface area contributed by atoms with Crippen LogP contribution in [0.25, 0.3) is 10.9 Å². The molecule has 4 heteroatoms. The lowest BCUT2D eigenvalue weighted by Crippen LogP contribution is -2.30. The van der Waals surface area contributed by atoms with Gasteiger partial charge in [-0.25, -0.2) is 0 Å². The summed E-state index contributed by atoms with van der Waals surface area (Å²) in [6, 6.07) is 12.5. The lowest BCUT2D eigenvalue weighted by Gasteiger charge is -2.25. The Hall–Kier alpha value is -1.97. The number of benzene rings is 2. The molecule has 0 saturated carbocycles. The molecule has 0 saturated heterocycles. The topological polar surface area (TPSA) is 37.0 Å². The molecule has 118 valence electrons. The Balaban J connectivity index is 1.86. The number of aromatic amines is 1. The Bertz CT molecular complexity index is 884. The van der Waals surface area contributed by atoms with Crippen molar-refractivity contribution in [3.63, 3.8) is 0 Å². The smallest absolute Gasteiger partial charge is 0.120 e. The molecule has 0 aliphatic carbocycles. The van der Waals surface area contributed by atoms with Crippen LogP contribution >= 0.6 is 11.6 Å². The third-order valence-corrected chi connectivity index (χ3v) is 4.95. The van der Waals surface area contributed by atoms with Crippen molar-refractivity contribution in [2.24, 2.45) is 0 Å². The first kappa shape index (κ1) is 14.6. The van der Waals surface area contributed by atoms with Crippen LogP contribution in [0, 0.1) is 6.92 Å². The van der Waals surface area contributed by atoms with Crippen molar-refractivity contribution in [1.82, 2.24) is 10.3 Å². The quantitative estimate of drug-likeness (QED) is 0.733. The Morgan fingerprint density at radius 3 is 2.83 bits per heavy atom. The Labute approximate surface area is 140 Å². The van der Waals surface area contributed by atoms with E-state index in [0.29, 0.717) is 0 Å². The fraction of sp³-hybridized carbons (Fsp3) is 0.263. The van der Waals surface area contributed by atoms with E-state index in [9.17, 15) is 0 Å². The molecule has 3 aromatic rings. The number of hydrogen-bond donors (Lipinski definition) is 2. The predicted octanol–water partition coefficient (Wildman–Crippen LogP) is 4.37. The zero-order valence-corrected chi connectivity index (χ0v) is 14.0. The van der Waals surface area contributed by atoms with Crippen LogP contribution in [-0.4, -0.2) is 18.6 Å². The number of ether oxygens (including phenoxy) is 1. The zero-order chi connectivity index (χ0) is 16.0. The summed E-state index contributed by atoms with van der Waals surface area (Å²) in [6.07, 6.45) is 1.03. The normalized spacial score (nSPS) is 17.3. The van der Waals surface area contributed by atoms with Crippen molar-refractivity contribution in [3.05, 3.63) is 63.8 Å². The average Bonchev–Trinajstić information content (AvgIpc) is 2.93. The summed E-state index contributed by atoms with van der Waals surface area (Å²) >= 11 is 6.50. The summed E-state index contributed by atoms with van der Waals surface area (Å²) in [5, 5.41) is 5.65. The van der Waals surface area contributed by atoms with Crippen LogP contribution < -0.4 is 10.1 Å². The summed E-state index contributed by atoms with van der Waals surface area (Å²) in [4.78, 5) is 3.60. The van der Waals surface area contributed by atoms with Gasteiger partial charge in [0.15, 0.2) is 0 Å². The van der Waals surface area contributed by atoms with E-state index in [1.807, 2.05) is 18.2 Å². The lowest BCUT2D eigenvalue weighted by atomic mass is 9.94. The molecule has 1 aliphatic heterocycles. The highest BCUT2D eigenvalue weighted by Gasteiger charge is 2.26. The summed E-state index contributed by atoms with van der Waals surface area (Å²) in [6.45, 7) is 3.08. The third-order valence-electron chi connectivity index (χ3n) is 4.63. The van der Waals surface area contributed by atoms with Crippen LogP contribution in [0.3, 0.4) is 0 Å². The zero-order valence-electron chi connectivity index (χ0n) is 13.2. The highest BCUT2D eigenvalue weighted by atomic mass is 35.5. The molecule has 1 aliphatic rings. The fourth-order valence-electron chi connectivity index (χ4n) is 3.48. The Morgan fingerprint density at radius 2 is 2.04 bits per heavy atom. The summed E-state index contributed by atoms with van der Waals surface area (Å²) < 4.78 is 5.26. The van der Waals surface area contributed by atoms with E-state index < -0.39 is 0 Å². The van der Waals surface area contributed by atoms with Gasteiger partial charge in [-0.3, -0.25) is 0 Å². The van der Waals surface area contributed by atoms with E-state index in [-0.39, 0.29) is 6.04 Å². The SMILES string of the molecule is COc1ccc(C2NCCc3c2[nH]c2ccc(C)cc32)c(Cl)c1. The molecule has 2 aromatic carbocycles. The maximum atomic E-state index is 6.50. The molecule has 4 rings (SSSR count). The minimum absolute atomic E-state index is 0.0878. The van der Waals surface area contributed by atoms with Crippen LogP contribution in [-0.2, 0) is 6.42 Å². The predicted molar refractivity (Wildman–Crippen MR) is 94.6 cm³/mol. The molecule has 0 bridgehead atoms. The second-order valence-corrected chi connectivity index (χ2v) is 6.50. The van der Waals surface area contributed by atoms with E-state index in [1.165, 1.54) is 27.7 Å². The average molecular weight is 327 g/mol. The molecule has 1 aromatic heterocycles. The van der Waals surface area contributed by atoms with E-state index >= 15 is 0 Å². The Morgan fingerprint density at radius 1 is 1.17 bits per heavy atom.